The van der Waals surface area contributed by atoms with Crippen molar-refractivity contribution in [1.29, 1.82) is 0 Å². The number of benzene rings is 3. The number of nitrogens with zero attached hydrogens (tertiary/aromatic N) is 2. The van der Waals surface area contributed by atoms with Crippen LogP contribution < -0.4 is 15.1 Å². The molecule has 2 heterocycles. The molecule has 6 heteroatoms. The van der Waals surface area contributed by atoms with Gasteiger partial charge in [-0.05, 0) is 66.2 Å². The molecule has 1 aliphatic rings. The van der Waals surface area contributed by atoms with E-state index in [1.807, 2.05) is 42.2 Å². The molecule has 0 fully saturated rings. The van der Waals surface area contributed by atoms with Crippen LogP contribution in [0.3, 0.4) is 0 Å². The van der Waals surface area contributed by atoms with E-state index in [1.54, 1.807) is 41.7 Å². The van der Waals surface area contributed by atoms with E-state index in [2.05, 4.69) is 39.9 Å². The number of anilines is 3. The maximum Gasteiger partial charge on any atom is 0.258 e. The highest BCUT2D eigenvalue weighted by atomic mass is 32.1. The van der Waals surface area contributed by atoms with Crippen molar-refractivity contribution >= 4 is 39.5 Å². The molecule has 2 amide bonds. The van der Waals surface area contributed by atoms with Crippen LogP contribution in [0.2, 0.25) is 0 Å². The van der Waals surface area contributed by atoms with Gasteiger partial charge in [-0.3, -0.25) is 9.59 Å². The average Bonchev–Trinajstić information content (AvgIpc) is 3.30. The lowest BCUT2D eigenvalue weighted by Crippen LogP contribution is -2.31. The number of hydrogen-bond acceptors (Lipinski definition) is 4. The smallest absolute Gasteiger partial charge is 0.258 e. The fraction of sp³-hybridized carbons (Fsp3) is 0.172. The van der Waals surface area contributed by atoms with Crippen LogP contribution in [0.25, 0.3) is 0 Å². The third-order valence-corrected chi connectivity index (χ3v) is 7.22. The zero-order valence-electron chi connectivity index (χ0n) is 19.6. The third kappa shape index (κ3) is 4.98. The van der Waals surface area contributed by atoms with E-state index in [9.17, 15) is 9.59 Å². The molecule has 4 aromatic rings. The first kappa shape index (κ1) is 22.9. The summed E-state index contributed by atoms with van der Waals surface area (Å²) in [5.41, 5.74) is 5.05. The van der Waals surface area contributed by atoms with Crippen molar-refractivity contribution in [3.63, 3.8) is 0 Å². The molecule has 176 valence electrons. The number of amides is 2. The van der Waals surface area contributed by atoms with Crippen LogP contribution >= 0.6 is 11.3 Å². The highest BCUT2D eigenvalue weighted by Crippen LogP contribution is 2.39. The number of aryl methyl sites for hydroxylation is 1. The predicted octanol–water partition coefficient (Wildman–Crippen LogP) is 6.37. The Morgan fingerprint density at radius 2 is 1.63 bits per heavy atom. The summed E-state index contributed by atoms with van der Waals surface area (Å²) in [6.45, 7) is 4.30. The average molecular weight is 482 g/mol. The molecule has 0 saturated carbocycles. The Morgan fingerprint density at radius 3 is 2.40 bits per heavy atom. The van der Waals surface area contributed by atoms with E-state index in [4.69, 9.17) is 0 Å². The summed E-state index contributed by atoms with van der Waals surface area (Å²) in [5, 5.41) is 6.11. The maximum absolute atomic E-state index is 13.5. The van der Waals surface area contributed by atoms with Gasteiger partial charge in [-0.15, -0.1) is 11.3 Å². The second kappa shape index (κ2) is 10.2. The van der Waals surface area contributed by atoms with Crippen molar-refractivity contribution in [1.82, 2.24) is 0 Å². The van der Waals surface area contributed by atoms with Crippen LogP contribution in [0, 0.1) is 6.92 Å². The topological polar surface area (TPSA) is 52.7 Å². The summed E-state index contributed by atoms with van der Waals surface area (Å²) in [7, 11) is 0. The van der Waals surface area contributed by atoms with Crippen molar-refractivity contribution in [3.05, 3.63) is 113 Å². The highest BCUT2D eigenvalue weighted by molar-refractivity contribution is 7.15. The molecule has 0 bridgehead atoms. The highest BCUT2D eigenvalue weighted by Gasteiger charge is 2.27. The van der Waals surface area contributed by atoms with E-state index >= 15 is 0 Å². The largest absolute Gasteiger partial charge is 0.357 e. The Bertz CT molecular complexity index is 1330. The Hall–Kier alpha value is -3.90. The number of hydrogen-bond donors (Lipinski definition) is 1. The Labute approximate surface area is 209 Å². The summed E-state index contributed by atoms with van der Waals surface area (Å²) in [5.74, 6) is -0.181. The van der Waals surface area contributed by atoms with Crippen molar-refractivity contribution in [3.8, 4) is 0 Å². The molecule has 0 saturated heterocycles. The van der Waals surface area contributed by atoms with Crippen molar-refractivity contribution in [2.24, 2.45) is 0 Å². The number of carbonyl (C=O) groups is 2. The van der Waals surface area contributed by atoms with Gasteiger partial charge in [-0.2, -0.15) is 0 Å². The van der Waals surface area contributed by atoms with Crippen molar-refractivity contribution < 1.29 is 9.59 Å². The van der Waals surface area contributed by atoms with Gasteiger partial charge in [0.25, 0.3) is 11.8 Å². The van der Waals surface area contributed by atoms with Gasteiger partial charge >= 0.3 is 0 Å². The molecular formula is C29H27N3O2S. The fourth-order valence-corrected chi connectivity index (χ4v) is 5.35. The number of carbonyl (C=O) groups excluding carboxylic acids is 2. The Morgan fingerprint density at radius 1 is 0.886 bits per heavy atom. The van der Waals surface area contributed by atoms with E-state index in [-0.39, 0.29) is 11.8 Å². The van der Waals surface area contributed by atoms with E-state index < -0.39 is 0 Å². The van der Waals surface area contributed by atoms with Crippen LogP contribution in [-0.4, -0.2) is 24.9 Å². The molecule has 0 atom stereocenters. The molecule has 3 aromatic carbocycles. The molecule has 0 unspecified atom stereocenters. The lowest BCUT2D eigenvalue weighted by atomic mass is 10.1. The monoisotopic (exact) mass is 481 g/mol. The van der Waals surface area contributed by atoms with Crippen LogP contribution in [0.5, 0.6) is 0 Å². The third-order valence-electron chi connectivity index (χ3n) is 6.25. The second-order valence-corrected chi connectivity index (χ2v) is 9.57. The van der Waals surface area contributed by atoms with Crippen LogP contribution in [0.1, 0.15) is 38.3 Å². The lowest BCUT2D eigenvalue weighted by molar-refractivity contribution is 0.0986. The zero-order chi connectivity index (χ0) is 24.2. The first-order chi connectivity index (χ1) is 17.1. The predicted molar refractivity (Wildman–Crippen MR) is 144 cm³/mol. The minimum absolute atomic E-state index is 0.0250. The van der Waals surface area contributed by atoms with Crippen molar-refractivity contribution in [2.45, 2.75) is 19.9 Å². The van der Waals surface area contributed by atoms with Gasteiger partial charge in [0.2, 0.25) is 0 Å². The maximum atomic E-state index is 13.5. The number of rotatable bonds is 5. The molecule has 5 rings (SSSR count). The van der Waals surface area contributed by atoms with Crippen LogP contribution in [0.15, 0.2) is 90.3 Å². The molecule has 5 nitrogen and oxygen atoms in total. The Balaban J connectivity index is 1.31. The first-order valence-corrected chi connectivity index (χ1v) is 12.6. The van der Waals surface area contributed by atoms with Gasteiger partial charge in [-0.1, -0.05) is 48.5 Å². The minimum atomic E-state index is -0.156. The fourth-order valence-electron chi connectivity index (χ4n) is 4.42. The standard InChI is InChI=1S/C29H27N3O2S/c1-21-8-5-6-11-25(21)27(33)30-24-14-12-23(13-15-24)28(34)32-18-7-17-31(29-26(32)16-19-35-29)20-22-9-3-2-4-10-22/h2-6,8-16,19H,7,17-18,20H2,1H3,(H,30,33). The summed E-state index contributed by atoms with van der Waals surface area (Å²) in [6, 6.07) is 27.1. The molecule has 0 spiro atoms. The SMILES string of the molecule is Cc1ccccc1C(=O)Nc1ccc(C(=O)N2CCCN(Cc3ccccc3)c3sccc32)cc1. The minimum Gasteiger partial charge on any atom is -0.357 e. The van der Waals surface area contributed by atoms with Gasteiger partial charge in [0, 0.05) is 36.4 Å². The van der Waals surface area contributed by atoms with Gasteiger partial charge in [0.1, 0.15) is 5.00 Å². The molecule has 0 radical (unpaired) electrons. The molecule has 0 aliphatic carbocycles. The normalized spacial score (nSPS) is 13.2. The zero-order valence-corrected chi connectivity index (χ0v) is 20.4. The summed E-state index contributed by atoms with van der Waals surface area (Å²) < 4.78 is 0. The van der Waals surface area contributed by atoms with E-state index in [1.165, 1.54) is 5.56 Å². The Kier molecular flexibility index (Phi) is 6.64. The number of nitrogens with one attached hydrogen (secondary N) is 1. The van der Waals surface area contributed by atoms with E-state index in [0.29, 0.717) is 23.4 Å². The van der Waals surface area contributed by atoms with Gasteiger partial charge < -0.3 is 15.1 Å². The molecule has 1 aliphatic heterocycles. The molecule has 1 N–H and O–H groups in total. The molecular weight excluding hydrogens is 454 g/mol. The van der Waals surface area contributed by atoms with Gasteiger partial charge in [0.05, 0.1) is 5.69 Å². The van der Waals surface area contributed by atoms with E-state index in [0.717, 1.165) is 35.8 Å². The second-order valence-electron chi connectivity index (χ2n) is 8.67. The summed E-state index contributed by atoms with van der Waals surface area (Å²) >= 11 is 1.68. The van der Waals surface area contributed by atoms with Gasteiger partial charge in [0.15, 0.2) is 0 Å². The lowest BCUT2D eigenvalue weighted by Gasteiger charge is -2.24. The molecule has 35 heavy (non-hydrogen) atoms. The summed E-state index contributed by atoms with van der Waals surface area (Å²) in [6.07, 6.45) is 0.893. The first-order valence-electron chi connectivity index (χ1n) is 11.8. The number of thiophene rings is 1. The van der Waals surface area contributed by atoms with Gasteiger partial charge in [-0.25, -0.2) is 0 Å². The quantitative estimate of drug-likeness (QED) is 0.361. The number of fused-ring (bicyclic) bond motifs is 1. The summed E-state index contributed by atoms with van der Waals surface area (Å²) in [4.78, 5) is 30.4. The molecule has 1 aromatic heterocycles. The van der Waals surface area contributed by atoms with Crippen molar-refractivity contribution in [2.75, 3.05) is 28.2 Å². The van der Waals surface area contributed by atoms with Crippen LogP contribution in [-0.2, 0) is 6.54 Å². The van der Waals surface area contributed by atoms with Crippen LogP contribution in [0.4, 0.5) is 16.4 Å².